The fourth-order valence-corrected chi connectivity index (χ4v) is 1.21. The number of hydrogen-bond donors (Lipinski definition) is 0. The van der Waals surface area contributed by atoms with Crippen molar-refractivity contribution in [1.29, 1.82) is 0 Å². The minimum Gasteiger partial charge on any atom is -0.461 e. The van der Waals surface area contributed by atoms with Crippen molar-refractivity contribution in [2.24, 2.45) is 0 Å². The molecule has 2 aromatic rings. The maximum absolute atomic E-state index is 13.2. The van der Waals surface area contributed by atoms with Crippen molar-refractivity contribution in [3.63, 3.8) is 0 Å². The second kappa shape index (κ2) is 3.65. The molecule has 0 fully saturated rings. The third kappa shape index (κ3) is 1.79. The topological polar surface area (TPSA) is 30.2 Å². The molecule has 15 heavy (non-hydrogen) atoms. The number of halogens is 2. The van der Waals surface area contributed by atoms with E-state index in [1.807, 2.05) is 0 Å². The van der Waals surface area contributed by atoms with E-state index < -0.39 is 17.4 Å². The fourth-order valence-electron chi connectivity index (χ4n) is 1.21. The Balaban J connectivity index is 2.42. The van der Waals surface area contributed by atoms with E-state index in [2.05, 4.69) is 0 Å². The average molecular weight is 208 g/mol. The van der Waals surface area contributed by atoms with E-state index >= 15 is 0 Å². The van der Waals surface area contributed by atoms with Crippen LogP contribution in [0.15, 0.2) is 41.0 Å². The summed E-state index contributed by atoms with van der Waals surface area (Å²) in [6.45, 7) is 0. The molecule has 0 aliphatic heterocycles. The van der Waals surface area contributed by atoms with E-state index in [-0.39, 0.29) is 11.3 Å². The number of hydrogen-bond acceptors (Lipinski definition) is 2. The maximum Gasteiger partial charge on any atom is 0.231 e. The highest BCUT2D eigenvalue weighted by atomic mass is 19.1. The highest BCUT2D eigenvalue weighted by Crippen LogP contribution is 2.14. The lowest BCUT2D eigenvalue weighted by atomic mass is 10.1. The van der Waals surface area contributed by atoms with Crippen LogP contribution in [0.1, 0.15) is 16.1 Å². The molecule has 0 bridgehead atoms. The molecule has 2 nitrogen and oxygen atoms in total. The third-order valence-electron chi connectivity index (χ3n) is 1.92. The third-order valence-corrected chi connectivity index (χ3v) is 1.92. The number of carbonyl (C=O) groups excluding carboxylic acids is 1. The van der Waals surface area contributed by atoms with Crippen molar-refractivity contribution in [1.82, 2.24) is 0 Å². The van der Waals surface area contributed by atoms with Gasteiger partial charge in [-0.25, -0.2) is 8.78 Å². The zero-order valence-corrected chi connectivity index (χ0v) is 7.54. The first-order valence-electron chi connectivity index (χ1n) is 4.22. The van der Waals surface area contributed by atoms with Gasteiger partial charge in [-0.2, -0.15) is 0 Å². The number of carbonyl (C=O) groups is 1. The Morgan fingerprint density at radius 2 is 2.00 bits per heavy atom. The number of ketones is 1. The van der Waals surface area contributed by atoms with E-state index in [4.69, 9.17) is 4.42 Å². The zero-order valence-electron chi connectivity index (χ0n) is 7.54. The minimum atomic E-state index is -0.892. The lowest BCUT2D eigenvalue weighted by molar-refractivity contribution is 0.100. The van der Waals surface area contributed by atoms with Crippen molar-refractivity contribution in [3.05, 3.63) is 59.6 Å². The summed E-state index contributed by atoms with van der Waals surface area (Å²) in [6.07, 6.45) is 1.31. The van der Waals surface area contributed by atoms with Gasteiger partial charge in [0.15, 0.2) is 5.76 Å². The van der Waals surface area contributed by atoms with Crippen LogP contribution < -0.4 is 0 Å². The van der Waals surface area contributed by atoms with Gasteiger partial charge in [-0.3, -0.25) is 4.79 Å². The maximum atomic E-state index is 13.2. The summed E-state index contributed by atoms with van der Waals surface area (Å²) in [5, 5.41) is 0. The Kier molecular flexibility index (Phi) is 2.33. The Morgan fingerprint density at radius 1 is 1.20 bits per heavy atom. The van der Waals surface area contributed by atoms with Crippen LogP contribution in [-0.4, -0.2) is 5.78 Å². The molecule has 0 saturated carbocycles. The van der Waals surface area contributed by atoms with Gasteiger partial charge in [-0.15, -0.1) is 0 Å². The van der Waals surface area contributed by atoms with Crippen molar-refractivity contribution >= 4 is 5.78 Å². The van der Waals surface area contributed by atoms with Gasteiger partial charge in [0.25, 0.3) is 0 Å². The lowest BCUT2D eigenvalue weighted by Gasteiger charge is -1.99. The van der Waals surface area contributed by atoms with Gasteiger partial charge in [0.05, 0.1) is 11.8 Å². The SMILES string of the molecule is O=C(c1ccco1)c1ccc(F)cc1F. The summed E-state index contributed by atoms with van der Waals surface area (Å²) in [6, 6.07) is 5.73. The molecule has 0 spiro atoms. The normalized spacial score (nSPS) is 10.3. The molecule has 0 atom stereocenters. The van der Waals surface area contributed by atoms with Crippen molar-refractivity contribution in [3.8, 4) is 0 Å². The van der Waals surface area contributed by atoms with E-state index in [9.17, 15) is 13.6 Å². The van der Waals surface area contributed by atoms with Gasteiger partial charge < -0.3 is 4.42 Å². The van der Waals surface area contributed by atoms with Crippen LogP contribution >= 0.6 is 0 Å². The van der Waals surface area contributed by atoms with Crippen LogP contribution in [0.25, 0.3) is 0 Å². The molecule has 0 unspecified atom stereocenters. The van der Waals surface area contributed by atoms with Crippen LogP contribution in [0, 0.1) is 11.6 Å². The summed E-state index contributed by atoms with van der Waals surface area (Å²) in [4.78, 5) is 11.6. The van der Waals surface area contributed by atoms with Gasteiger partial charge in [-0.05, 0) is 24.3 Å². The molecule has 0 N–H and O–H groups in total. The molecule has 1 aromatic carbocycles. The molecule has 0 aliphatic carbocycles. The van der Waals surface area contributed by atoms with E-state index in [0.717, 1.165) is 12.1 Å². The second-order valence-corrected chi connectivity index (χ2v) is 2.93. The summed E-state index contributed by atoms with van der Waals surface area (Å²) in [5.74, 6) is -2.18. The minimum absolute atomic E-state index is 0.0282. The van der Waals surface area contributed by atoms with Crippen LogP contribution in [0.5, 0.6) is 0 Å². The Hall–Kier alpha value is -1.97. The number of rotatable bonds is 2. The Morgan fingerprint density at radius 3 is 2.60 bits per heavy atom. The first kappa shape index (κ1) is 9.58. The highest BCUT2D eigenvalue weighted by molar-refractivity contribution is 6.07. The number of benzene rings is 1. The largest absolute Gasteiger partial charge is 0.461 e. The molecule has 0 amide bonds. The lowest BCUT2D eigenvalue weighted by Crippen LogP contribution is -2.03. The molecule has 4 heteroatoms. The van der Waals surface area contributed by atoms with Gasteiger partial charge >= 0.3 is 0 Å². The molecular weight excluding hydrogens is 202 g/mol. The van der Waals surface area contributed by atoms with Crippen LogP contribution in [0.3, 0.4) is 0 Å². The van der Waals surface area contributed by atoms with Crippen molar-refractivity contribution in [2.75, 3.05) is 0 Å². The van der Waals surface area contributed by atoms with Crippen molar-refractivity contribution in [2.45, 2.75) is 0 Å². The van der Waals surface area contributed by atoms with Gasteiger partial charge in [0.2, 0.25) is 5.78 Å². The highest BCUT2D eigenvalue weighted by Gasteiger charge is 2.16. The van der Waals surface area contributed by atoms with Crippen LogP contribution in [0.2, 0.25) is 0 Å². The van der Waals surface area contributed by atoms with E-state index in [1.165, 1.54) is 18.4 Å². The molecule has 76 valence electrons. The molecule has 1 aromatic heterocycles. The molecule has 1 heterocycles. The molecule has 2 rings (SSSR count). The molecular formula is C11H6F2O2. The first-order chi connectivity index (χ1) is 7.18. The van der Waals surface area contributed by atoms with E-state index in [1.54, 1.807) is 0 Å². The predicted molar refractivity (Wildman–Crippen MR) is 48.5 cm³/mol. The quantitative estimate of drug-likeness (QED) is 0.710. The summed E-state index contributed by atoms with van der Waals surface area (Å²) in [7, 11) is 0. The van der Waals surface area contributed by atoms with Gasteiger partial charge in [0, 0.05) is 6.07 Å². The molecule has 0 saturated heterocycles. The van der Waals surface area contributed by atoms with Crippen LogP contribution in [-0.2, 0) is 0 Å². The molecule has 0 aliphatic rings. The fraction of sp³-hybridized carbons (Fsp3) is 0. The van der Waals surface area contributed by atoms with Crippen molar-refractivity contribution < 1.29 is 18.0 Å². The average Bonchev–Trinajstić information content (AvgIpc) is 2.69. The number of furan rings is 1. The summed E-state index contributed by atoms with van der Waals surface area (Å²) >= 11 is 0. The Labute approximate surface area is 84.1 Å². The van der Waals surface area contributed by atoms with Gasteiger partial charge in [-0.1, -0.05) is 0 Å². The zero-order chi connectivity index (χ0) is 10.8. The smallest absolute Gasteiger partial charge is 0.231 e. The predicted octanol–water partition coefficient (Wildman–Crippen LogP) is 2.79. The standard InChI is InChI=1S/C11H6F2O2/c12-7-3-4-8(9(13)6-7)11(14)10-2-1-5-15-10/h1-6H. The second-order valence-electron chi connectivity index (χ2n) is 2.93. The van der Waals surface area contributed by atoms with Gasteiger partial charge in [0.1, 0.15) is 11.6 Å². The summed E-state index contributed by atoms with van der Waals surface area (Å²) in [5.41, 5.74) is -0.202. The molecule has 0 radical (unpaired) electrons. The monoisotopic (exact) mass is 208 g/mol. The first-order valence-corrected chi connectivity index (χ1v) is 4.22. The summed E-state index contributed by atoms with van der Waals surface area (Å²) < 4.78 is 30.6. The van der Waals surface area contributed by atoms with E-state index in [0.29, 0.717) is 6.07 Å². The Bertz CT molecular complexity index is 489. The van der Waals surface area contributed by atoms with Crippen LogP contribution in [0.4, 0.5) is 8.78 Å².